The molecule has 0 saturated carbocycles. The first-order chi connectivity index (χ1) is 12.5. The highest BCUT2D eigenvalue weighted by Crippen LogP contribution is 2.07. The predicted molar refractivity (Wildman–Crippen MR) is 103 cm³/mol. The fraction of sp³-hybridized carbons (Fsp3) is 0.526. The molecule has 1 aromatic rings. The number of nitrogens with zero attached hydrogens (tertiary/aromatic N) is 2. The molecule has 1 rings (SSSR count). The normalized spacial score (nSPS) is 11.0. The minimum atomic E-state index is -0.176. The molecule has 26 heavy (non-hydrogen) atoms. The number of carbonyl (C=O) groups is 2. The number of nitrogens with one attached hydrogen (secondary N) is 2. The lowest BCUT2D eigenvalue weighted by Crippen LogP contribution is -2.38. The monoisotopic (exact) mass is 362 g/mol. The van der Waals surface area contributed by atoms with Crippen molar-refractivity contribution in [2.24, 2.45) is 4.99 Å². The third-order valence-corrected chi connectivity index (χ3v) is 3.67. The predicted octanol–water partition coefficient (Wildman–Crippen LogP) is 1.44. The maximum absolute atomic E-state index is 12.0. The lowest BCUT2D eigenvalue weighted by Gasteiger charge is -2.13. The van der Waals surface area contributed by atoms with Gasteiger partial charge in [-0.3, -0.25) is 14.6 Å². The van der Waals surface area contributed by atoms with Crippen molar-refractivity contribution in [2.45, 2.75) is 26.2 Å². The highest BCUT2D eigenvalue weighted by Gasteiger charge is 2.08. The maximum Gasteiger partial charge on any atom is 0.305 e. The number of esters is 1. The molecule has 0 aliphatic heterocycles. The molecule has 0 aromatic heterocycles. The maximum atomic E-state index is 12.0. The Morgan fingerprint density at radius 3 is 2.58 bits per heavy atom. The molecule has 7 heteroatoms. The first kappa shape index (κ1) is 21.5. The molecule has 144 valence electrons. The van der Waals surface area contributed by atoms with Gasteiger partial charge in [0.15, 0.2) is 5.96 Å². The standard InChI is InChI=1S/C19H30N4O3/c1-5-26-17(24)10-7-12-21-19(20-2)22-13-11-15-8-6-9-16(14-15)18(25)23(3)4/h6,8-9,14H,5,7,10-13H2,1-4H3,(H2,20,21,22). The van der Waals surface area contributed by atoms with E-state index in [-0.39, 0.29) is 11.9 Å². The summed E-state index contributed by atoms with van der Waals surface area (Å²) in [6.07, 6.45) is 1.86. The van der Waals surface area contributed by atoms with E-state index in [1.807, 2.05) is 24.3 Å². The number of benzene rings is 1. The van der Waals surface area contributed by atoms with E-state index in [0.717, 1.165) is 12.0 Å². The van der Waals surface area contributed by atoms with Crippen molar-refractivity contribution < 1.29 is 14.3 Å². The molecule has 0 saturated heterocycles. The Kier molecular flexibility index (Phi) is 9.82. The quantitative estimate of drug-likeness (QED) is 0.301. The van der Waals surface area contributed by atoms with Gasteiger partial charge in [-0.1, -0.05) is 12.1 Å². The van der Waals surface area contributed by atoms with Crippen molar-refractivity contribution in [2.75, 3.05) is 40.8 Å². The van der Waals surface area contributed by atoms with Crippen LogP contribution in [0, 0.1) is 0 Å². The number of guanidine groups is 1. The van der Waals surface area contributed by atoms with Gasteiger partial charge in [0.1, 0.15) is 0 Å². The molecule has 0 aliphatic carbocycles. The molecule has 0 bridgehead atoms. The van der Waals surface area contributed by atoms with E-state index in [0.29, 0.717) is 44.1 Å². The summed E-state index contributed by atoms with van der Waals surface area (Å²) in [5.74, 6) is 0.512. The molecule has 1 amide bonds. The fourth-order valence-electron chi connectivity index (χ4n) is 2.34. The summed E-state index contributed by atoms with van der Waals surface area (Å²) in [4.78, 5) is 29.0. The highest BCUT2D eigenvalue weighted by molar-refractivity contribution is 5.94. The van der Waals surface area contributed by atoms with Crippen molar-refractivity contribution in [3.63, 3.8) is 0 Å². The Morgan fingerprint density at radius 1 is 1.19 bits per heavy atom. The van der Waals surface area contributed by atoms with Crippen LogP contribution in [0.25, 0.3) is 0 Å². The SMILES string of the molecule is CCOC(=O)CCCNC(=NC)NCCc1cccc(C(=O)N(C)C)c1. The third-order valence-electron chi connectivity index (χ3n) is 3.67. The van der Waals surface area contributed by atoms with E-state index in [4.69, 9.17) is 4.74 Å². The van der Waals surface area contributed by atoms with Crippen LogP contribution in [0.1, 0.15) is 35.7 Å². The second kappa shape index (κ2) is 11.9. The summed E-state index contributed by atoms with van der Waals surface area (Å²) < 4.78 is 4.89. The Morgan fingerprint density at radius 2 is 1.92 bits per heavy atom. The van der Waals surface area contributed by atoms with Crippen molar-refractivity contribution in [1.29, 1.82) is 0 Å². The van der Waals surface area contributed by atoms with Gasteiger partial charge in [-0.05, 0) is 37.5 Å². The van der Waals surface area contributed by atoms with Gasteiger partial charge in [0.05, 0.1) is 6.61 Å². The zero-order chi connectivity index (χ0) is 19.4. The molecule has 7 nitrogen and oxygen atoms in total. The second-order valence-corrected chi connectivity index (χ2v) is 5.98. The summed E-state index contributed by atoms with van der Waals surface area (Å²) in [7, 11) is 5.19. The lowest BCUT2D eigenvalue weighted by molar-refractivity contribution is -0.143. The molecule has 0 atom stereocenters. The first-order valence-corrected chi connectivity index (χ1v) is 8.88. The number of amides is 1. The fourth-order valence-corrected chi connectivity index (χ4v) is 2.34. The molecule has 0 radical (unpaired) electrons. The van der Waals surface area contributed by atoms with Crippen LogP contribution in [-0.4, -0.2) is 63.6 Å². The molecule has 0 fully saturated rings. The zero-order valence-corrected chi connectivity index (χ0v) is 16.2. The number of rotatable bonds is 9. The largest absolute Gasteiger partial charge is 0.466 e. The van der Waals surface area contributed by atoms with E-state index in [1.165, 1.54) is 0 Å². The van der Waals surface area contributed by atoms with Gasteiger partial charge in [0.2, 0.25) is 0 Å². The average molecular weight is 362 g/mol. The topological polar surface area (TPSA) is 83.0 Å². The number of hydrogen-bond donors (Lipinski definition) is 2. The van der Waals surface area contributed by atoms with Crippen molar-refractivity contribution in [1.82, 2.24) is 15.5 Å². The molecular formula is C19H30N4O3. The van der Waals surface area contributed by atoms with Crippen LogP contribution < -0.4 is 10.6 Å². The summed E-state index contributed by atoms with van der Waals surface area (Å²) in [5.41, 5.74) is 1.77. The summed E-state index contributed by atoms with van der Waals surface area (Å²) in [5, 5.41) is 6.40. The van der Waals surface area contributed by atoms with Gasteiger partial charge in [0, 0.05) is 46.2 Å². The molecular weight excluding hydrogens is 332 g/mol. The lowest BCUT2D eigenvalue weighted by atomic mass is 10.1. The molecule has 1 aromatic carbocycles. The second-order valence-electron chi connectivity index (χ2n) is 5.98. The van der Waals surface area contributed by atoms with Gasteiger partial charge in [-0.25, -0.2) is 0 Å². The molecule has 0 aliphatic rings. The van der Waals surface area contributed by atoms with E-state index in [2.05, 4.69) is 15.6 Å². The van der Waals surface area contributed by atoms with E-state index in [1.54, 1.807) is 33.0 Å². The Balaban J connectivity index is 2.35. The van der Waals surface area contributed by atoms with Gasteiger partial charge >= 0.3 is 5.97 Å². The molecule has 2 N–H and O–H groups in total. The van der Waals surface area contributed by atoms with Gasteiger partial charge in [-0.15, -0.1) is 0 Å². The van der Waals surface area contributed by atoms with Crippen LogP contribution in [0.5, 0.6) is 0 Å². The van der Waals surface area contributed by atoms with Crippen LogP contribution >= 0.6 is 0 Å². The average Bonchev–Trinajstić information content (AvgIpc) is 2.63. The van der Waals surface area contributed by atoms with E-state index < -0.39 is 0 Å². The molecule has 0 heterocycles. The van der Waals surface area contributed by atoms with Gasteiger partial charge in [0.25, 0.3) is 5.91 Å². The number of hydrogen-bond acceptors (Lipinski definition) is 4. The minimum Gasteiger partial charge on any atom is -0.466 e. The Hall–Kier alpha value is -2.57. The third kappa shape index (κ3) is 8.00. The number of ether oxygens (including phenoxy) is 1. The van der Waals surface area contributed by atoms with E-state index in [9.17, 15) is 9.59 Å². The van der Waals surface area contributed by atoms with E-state index >= 15 is 0 Å². The van der Waals surface area contributed by atoms with Crippen molar-refractivity contribution in [3.8, 4) is 0 Å². The molecule has 0 unspecified atom stereocenters. The smallest absolute Gasteiger partial charge is 0.305 e. The number of carbonyl (C=O) groups excluding carboxylic acids is 2. The van der Waals surface area contributed by atoms with Crippen LogP contribution in [-0.2, 0) is 16.0 Å². The Bertz CT molecular complexity index is 615. The Labute approximate surface area is 155 Å². The molecule has 0 spiro atoms. The first-order valence-electron chi connectivity index (χ1n) is 8.88. The zero-order valence-electron chi connectivity index (χ0n) is 16.2. The highest BCUT2D eigenvalue weighted by atomic mass is 16.5. The number of aliphatic imine (C=N–C) groups is 1. The van der Waals surface area contributed by atoms with Crippen LogP contribution in [0.15, 0.2) is 29.3 Å². The van der Waals surface area contributed by atoms with Gasteiger partial charge in [-0.2, -0.15) is 0 Å². The van der Waals surface area contributed by atoms with Crippen LogP contribution in [0.2, 0.25) is 0 Å². The van der Waals surface area contributed by atoms with Crippen molar-refractivity contribution >= 4 is 17.8 Å². The van der Waals surface area contributed by atoms with Crippen LogP contribution in [0.4, 0.5) is 0 Å². The minimum absolute atomic E-state index is 0.00103. The van der Waals surface area contributed by atoms with Gasteiger partial charge < -0.3 is 20.3 Å². The summed E-state index contributed by atoms with van der Waals surface area (Å²) >= 11 is 0. The van der Waals surface area contributed by atoms with Crippen molar-refractivity contribution in [3.05, 3.63) is 35.4 Å². The van der Waals surface area contributed by atoms with Crippen LogP contribution in [0.3, 0.4) is 0 Å². The summed E-state index contributed by atoms with van der Waals surface area (Å²) in [6, 6.07) is 7.64. The summed E-state index contributed by atoms with van der Waals surface area (Å²) in [6.45, 7) is 3.55.